The molecule has 2 aromatic heterocycles. The van der Waals surface area contributed by atoms with Crippen molar-refractivity contribution in [1.82, 2.24) is 19.7 Å². The van der Waals surface area contributed by atoms with Gasteiger partial charge in [0.25, 0.3) is 5.91 Å². The van der Waals surface area contributed by atoms with Crippen molar-refractivity contribution >= 4 is 35.4 Å². The van der Waals surface area contributed by atoms with Gasteiger partial charge in [0.1, 0.15) is 5.60 Å². The SMILES string of the molecule is Cn1ncc(-c2ccc(C(=O)N(c3ncccc3Cl)[C@@H]3CCCN(C(=O)OC(C)(C)C)C3)cc2)c1C(=O)[O-].[K+]. The van der Waals surface area contributed by atoms with Crippen LogP contribution in [0.3, 0.4) is 0 Å². The number of hydrogen-bond donors (Lipinski definition) is 0. The second-order valence-corrected chi connectivity index (χ2v) is 10.5. The van der Waals surface area contributed by atoms with Crippen LogP contribution >= 0.6 is 11.6 Å². The van der Waals surface area contributed by atoms with Crippen LogP contribution in [0.2, 0.25) is 5.02 Å². The van der Waals surface area contributed by atoms with Gasteiger partial charge >= 0.3 is 57.5 Å². The molecule has 39 heavy (non-hydrogen) atoms. The van der Waals surface area contributed by atoms with Crippen molar-refractivity contribution in [1.29, 1.82) is 0 Å². The fourth-order valence-electron chi connectivity index (χ4n) is 4.47. The van der Waals surface area contributed by atoms with Crippen LogP contribution in [0.5, 0.6) is 0 Å². The molecule has 0 saturated carbocycles. The fourth-order valence-corrected chi connectivity index (χ4v) is 4.68. The minimum atomic E-state index is -1.34. The predicted molar refractivity (Wildman–Crippen MR) is 140 cm³/mol. The molecule has 0 N–H and O–H groups in total. The summed E-state index contributed by atoms with van der Waals surface area (Å²) in [6.07, 6.45) is 3.87. The molecule has 0 bridgehead atoms. The minimum Gasteiger partial charge on any atom is -0.543 e. The number of aromatic carboxylic acids is 1. The van der Waals surface area contributed by atoms with Crippen LogP contribution in [0, 0.1) is 0 Å². The fraction of sp³-hybridized carbons (Fsp3) is 0.370. The third-order valence-electron chi connectivity index (χ3n) is 6.17. The van der Waals surface area contributed by atoms with E-state index in [1.807, 2.05) is 0 Å². The number of amides is 2. The third kappa shape index (κ3) is 7.27. The smallest absolute Gasteiger partial charge is 0.543 e. The van der Waals surface area contributed by atoms with Crippen LogP contribution in [-0.4, -0.2) is 62.4 Å². The second-order valence-electron chi connectivity index (χ2n) is 10.1. The number of hydrogen-bond acceptors (Lipinski definition) is 7. The van der Waals surface area contributed by atoms with Gasteiger partial charge in [-0.15, -0.1) is 0 Å². The number of halogens is 1. The van der Waals surface area contributed by atoms with E-state index >= 15 is 0 Å². The zero-order chi connectivity index (χ0) is 27.6. The van der Waals surface area contributed by atoms with Crippen molar-refractivity contribution < 1.29 is 75.6 Å². The van der Waals surface area contributed by atoms with Crippen molar-refractivity contribution in [3.8, 4) is 11.1 Å². The van der Waals surface area contributed by atoms with E-state index in [4.69, 9.17) is 16.3 Å². The van der Waals surface area contributed by atoms with Gasteiger partial charge in [0.2, 0.25) is 0 Å². The summed E-state index contributed by atoms with van der Waals surface area (Å²) in [4.78, 5) is 45.8. The Balaban J connectivity index is 0.00000420. The first-order chi connectivity index (χ1) is 18.0. The van der Waals surface area contributed by atoms with Gasteiger partial charge in [0.15, 0.2) is 5.82 Å². The molecule has 1 saturated heterocycles. The number of anilines is 1. The molecule has 12 heteroatoms. The maximum absolute atomic E-state index is 13.9. The quantitative estimate of drug-likeness (QED) is 0.406. The molecule has 4 rings (SSSR count). The number of aryl methyl sites for hydroxylation is 1. The number of benzene rings is 1. The Morgan fingerprint density at radius 1 is 1.15 bits per heavy atom. The standard InChI is InChI=1S/C27H30ClN5O5.K/c1-27(2,3)38-26(37)32-14-6-7-19(16-32)33(23-21(28)8-5-13-29-23)24(34)18-11-9-17(10-12-18)20-15-30-31(4)22(20)25(35)36;/h5,8-13,15,19H,6-7,14,16H2,1-4H3,(H,35,36);/q;+1/p-1/t19-;/m1./s1. The average molecular weight is 578 g/mol. The molecule has 0 radical (unpaired) electrons. The van der Waals surface area contributed by atoms with E-state index in [-0.39, 0.29) is 75.6 Å². The number of carbonyl (C=O) groups excluding carboxylic acids is 3. The summed E-state index contributed by atoms with van der Waals surface area (Å²) < 4.78 is 6.78. The Labute approximate surface area is 274 Å². The van der Waals surface area contributed by atoms with Gasteiger partial charge in [-0.1, -0.05) is 23.7 Å². The summed E-state index contributed by atoms with van der Waals surface area (Å²) in [6, 6.07) is 9.49. The van der Waals surface area contributed by atoms with Crippen LogP contribution < -0.4 is 61.4 Å². The predicted octanol–water partition coefficient (Wildman–Crippen LogP) is 0.549. The first-order valence-electron chi connectivity index (χ1n) is 12.2. The number of likely N-dealkylation sites (tertiary alicyclic amines) is 1. The number of pyridine rings is 1. The molecule has 3 aromatic rings. The van der Waals surface area contributed by atoms with E-state index in [0.29, 0.717) is 46.9 Å². The second kappa shape index (κ2) is 12.9. The number of carbonyl (C=O) groups is 3. The topological polar surface area (TPSA) is 121 Å². The molecule has 1 fully saturated rings. The van der Waals surface area contributed by atoms with Crippen LogP contribution in [0.4, 0.5) is 10.6 Å². The summed E-state index contributed by atoms with van der Waals surface area (Å²) in [5, 5.41) is 15.9. The van der Waals surface area contributed by atoms with Gasteiger partial charge in [0.05, 0.1) is 28.9 Å². The molecular formula is C27H29ClKN5O5. The summed E-state index contributed by atoms with van der Waals surface area (Å²) in [5.74, 6) is -1.40. The van der Waals surface area contributed by atoms with Gasteiger partial charge in [-0.2, -0.15) is 5.10 Å². The van der Waals surface area contributed by atoms with E-state index in [0.717, 1.165) is 0 Å². The summed E-state index contributed by atoms with van der Waals surface area (Å²) >= 11 is 6.48. The molecular weight excluding hydrogens is 549 g/mol. The van der Waals surface area contributed by atoms with Gasteiger partial charge in [-0.05, 0) is 63.4 Å². The zero-order valence-electron chi connectivity index (χ0n) is 22.7. The van der Waals surface area contributed by atoms with Crippen molar-refractivity contribution in [3.63, 3.8) is 0 Å². The van der Waals surface area contributed by atoms with Crippen molar-refractivity contribution in [2.24, 2.45) is 7.05 Å². The number of carboxylic acids is 1. The molecule has 1 aliphatic rings. The first kappa shape index (κ1) is 31.2. The molecule has 0 unspecified atom stereocenters. The molecule has 10 nitrogen and oxygen atoms in total. The molecule has 3 heterocycles. The van der Waals surface area contributed by atoms with E-state index in [9.17, 15) is 19.5 Å². The third-order valence-corrected chi connectivity index (χ3v) is 6.47. The largest absolute Gasteiger partial charge is 1.00 e. The van der Waals surface area contributed by atoms with Crippen LogP contribution in [0.1, 0.15) is 54.5 Å². The van der Waals surface area contributed by atoms with E-state index < -0.39 is 17.7 Å². The number of rotatable bonds is 5. The summed E-state index contributed by atoms with van der Waals surface area (Å²) in [6.45, 7) is 6.20. The monoisotopic (exact) mass is 577 g/mol. The number of aromatic nitrogens is 3. The normalized spacial score (nSPS) is 15.3. The maximum Gasteiger partial charge on any atom is 1.00 e. The zero-order valence-corrected chi connectivity index (χ0v) is 26.6. The minimum absolute atomic E-state index is 0. The molecule has 0 spiro atoms. The van der Waals surface area contributed by atoms with Gasteiger partial charge in [-0.3, -0.25) is 14.4 Å². The number of ether oxygens (including phenoxy) is 1. The Kier molecular flexibility index (Phi) is 10.4. The summed E-state index contributed by atoms with van der Waals surface area (Å²) in [7, 11) is 1.52. The van der Waals surface area contributed by atoms with E-state index in [1.54, 1.807) is 68.3 Å². The van der Waals surface area contributed by atoms with Gasteiger partial charge in [-0.25, -0.2) is 9.78 Å². The van der Waals surface area contributed by atoms with Crippen LogP contribution in [0.25, 0.3) is 11.1 Å². The Bertz CT molecular complexity index is 1360. The molecule has 0 aliphatic carbocycles. The number of piperidine rings is 1. The van der Waals surface area contributed by atoms with Gasteiger partial charge in [0, 0.05) is 37.5 Å². The molecule has 200 valence electrons. The summed E-state index contributed by atoms with van der Waals surface area (Å²) in [5.41, 5.74) is 0.608. The molecule has 1 aliphatic heterocycles. The maximum atomic E-state index is 13.9. The first-order valence-corrected chi connectivity index (χ1v) is 12.6. The van der Waals surface area contributed by atoms with Crippen molar-refractivity contribution in [2.75, 3.05) is 18.0 Å². The van der Waals surface area contributed by atoms with Crippen LogP contribution in [0.15, 0.2) is 48.8 Å². The number of nitrogens with zero attached hydrogens (tertiary/aromatic N) is 5. The van der Waals surface area contributed by atoms with Crippen molar-refractivity contribution in [3.05, 3.63) is 65.1 Å². The Morgan fingerprint density at radius 2 is 1.85 bits per heavy atom. The van der Waals surface area contributed by atoms with Gasteiger partial charge < -0.3 is 19.5 Å². The Morgan fingerprint density at radius 3 is 2.46 bits per heavy atom. The number of carboxylic acid groups (broad SMARTS) is 1. The average Bonchev–Trinajstić information content (AvgIpc) is 3.26. The van der Waals surface area contributed by atoms with Crippen molar-refractivity contribution in [2.45, 2.75) is 45.3 Å². The van der Waals surface area contributed by atoms with Crippen LogP contribution in [-0.2, 0) is 11.8 Å². The molecule has 2 amide bonds. The molecule has 1 aromatic carbocycles. The van der Waals surface area contributed by atoms with E-state index in [1.165, 1.54) is 22.8 Å². The van der Waals surface area contributed by atoms with E-state index in [2.05, 4.69) is 10.1 Å². The Hall–Kier alpha value is -2.28. The molecule has 1 atom stereocenters.